The van der Waals surface area contributed by atoms with E-state index >= 15 is 0 Å². The zero-order chi connectivity index (χ0) is 24.1. The van der Waals surface area contributed by atoms with Crippen molar-refractivity contribution in [3.63, 3.8) is 0 Å². The minimum absolute atomic E-state index is 0.210. The first-order valence-corrected chi connectivity index (χ1v) is 10.3. The van der Waals surface area contributed by atoms with Gasteiger partial charge in [-0.25, -0.2) is 0 Å². The molecule has 7 N–H and O–H groups in total. The lowest BCUT2D eigenvalue weighted by Crippen LogP contribution is -2.33. The monoisotopic (exact) mass is 435 g/mol. The Morgan fingerprint density at radius 1 is 1.16 bits per heavy atom. The highest BCUT2D eigenvalue weighted by Gasteiger charge is 2.15. The van der Waals surface area contributed by atoms with Gasteiger partial charge in [-0.2, -0.15) is 0 Å². The van der Waals surface area contributed by atoms with Crippen LogP contribution in [0.2, 0.25) is 0 Å². The molecule has 174 valence electrons. The Bertz CT molecular complexity index is 769. The quantitative estimate of drug-likeness (QED) is 0.296. The molecule has 0 aliphatic carbocycles. The zero-order valence-corrected chi connectivity index (χ0v) is 19.0. The molecule has 9 heteroatoms. The predicted octanol–water partition coefficient (Wildman–Crippen LogP) is 1.83. The minimum Gasteiger partial charge on any atom is -0.400 e. The van der Waals surface area contributed by atoms with Crippen LogP contribution in [-0.4, -0.2) is 54.9 Å². The summed E-state index contributed by atoms with van der Waals surface area (Å²) in [5.41, 5.74) is 12.4. The number of para-hydroxylation sites is 1. The van der Waals surface area contributed by atoms with Gasteiger partial charge in [0.25, 0.3) is 5.91 Å². The third kappa shape index (κ3) is 12.3. The lowest BCUT2D eigenvalue weighted by Gasteiger charge is -2.14. The topological polar surface area (TPSA) is 160 Å². The Morgan fingerprint density at radius 3 is 2.32 bits per heavy atom. The lowest BCUT2D eigenvalue weighted by atomic mass is 10.1. The molecule has 0 fully saturated rings. The van der Waals surface area contributed by atoms with E-state index in [0.29, 0.717) is 30.8 Å². The highest BCUT2D eigenvalue weighted by Crippen LogP contribution is 2.25. The Labute approximate surface area is 184 Å². The molecule has 2 rings (SSSR count). The molecule has 0 bridgehead atoms. The molecule has 2 amide bonds. The number of nitrogens with two attached hydrogens (primary N) is 2. The van der Waals surface area contributed by atoms with E-state index in [0.717, 1.165) is 37.1 Å². The smallest absolute Gasteiger partial charge is 0.255 e. The number of anilines is 1. The van der Waals surface area contributed by atoms with Crippen LogP contribution in [0.3, 0.4) is 0 Å². The van der Waals surface area contributed by atoms with Gasteiger partial charge < -0.3 is 32.0 Å². The first-order chi connectivity index (χ1) is 15.0. The van der Waals surface area contributed by atoms with Crippen LogP contribution in [0, 0.1) is 0 Å². The molecule has 1 heterocycles. The second-order valence-corrected chi connectivity index (χ2v) is 5.71. The zero-order valence-electron chi connectivity index (χ0n) is 19.0. The highest BCUT2D eigenvalue weighted by atomic mass is 16.2. The van der Waals surface area contributed by atoms with Crippen LogP contribution in [0.1, 0.15) is 50.4 Å². The number of aliphatic hydroxyl groups is 1. The largest absolute Gasteiger partial charge is 0.400 e. The van der Waals surface area contributed by atoms with E-state index in [1.807, 2.05) is 45.0 Å². The summed E-state index contributed by atoms with van der Waals surface area (Å²) in [5.74, 6) is -0.979. The second-order valence-electron chi connectivity index (χ2n) is 5.71. The van der Waals surface area contributed by atoms with Gasteiger partial charge in [0.2, 0.25) is 5.91 Å². The fourth-order valence-corrected chi connectivity index (χ4v) is 2.25. The molecule has 1 aromatic heterocycles. The number of primary amides is 1. The van der Waals surface area contributed by atoms with E-state index in [2.05, 4.69) is 15.6 Å². The number of fused-ring (bicyclic) bond motifs is 1. The number of hydrogen-bond donors (Lipinski definition) is 5. The number of aromatic nitrogens is 1. The maximum Gasteiger partial charge on any atom is 0.255 e. The van der Waals surface area contributed by atoms with Crippen molar-refractivity contribution in [2.24, 2.45) is 11.5 Å². The Kier molecular flexibility index (Phi) is 19.7. The molecular formula is C22H37N5O4. The predicted molar refractivity (Wildman–Crippen MR) is 126 cm³/mol. The molecule has 9 nitrogen and oxygen atoms in total. The standard InChI is InChI=1S/C16H21N5O2.C3H6O.C2H6.CH4O/c17-7-3-4-8-19-15-11-5-1-2-6-13(11)20-9-12(15)16(23)21-10-14(18)22;1-2-3-4;2*1-2/h1-2,5-6,9H,3-4,7-8,10,17H2,(H2,18,22)(H,19,20)(H,21,23);3H,2H2,1H3;1-2H3;2H,1H3. The van der Waals surface area contributed by atoms with Crippen LogP contribution in [0.4, 0.5) is 5.69 Å². The van der Waals surface area contributed by atoms with E-state index in [-0.39, 0.29) is 12.5 Å². The van der Waals surface area contributed by atoms with Gasteiger partial charge in [-0.15, -0.1) is 0 Å². The average Bonchev–Trinajstić information content (AvgIpc) is 2.82. The number of nitrogens with zero attached hydrogens (tertiary/aromatic N) is 1. The van der Waals surface area contributed by atoms with Gasteiger partial charge >= 0.3 is 0 Å². The lowest BCUT2D eigenvalue weighted by molar-refractivity contribution is -0.117. The summed E-state index contributed by atoms with van der Waals surface area (Å²) >= 11 is 0. The van der Waals surface area contributed by atoms with Gasteiger partial charge in [-0.3, -0.25) is 14.6 Å². The van der Waals surface area contributed by atoms with Gasteiger partial charge in [0, 0.05) is 31.7 Å². The van der Waals surface area contributed by atoms with E-state index in [9.17, 15) is 14.4 Å². The van der Waals surface area contributed by atoms with Crippen LogP contribution < -0.4 is 22.1 Å². The van der Waals surface area contributed by atoms with Crippen molar-refractivity contribution in [3.8, 4) is 0 Å². The number of pyridine rings is 1. The van der Waals surface area contributed by atoms with Crippen molar-refractivity contribution in [1.82, 2.24) is 10.3 Å². The van der Waals surface area contributed by atoms with E-state index in [1.54, 1.807) is 0 Å². The molecule has 2 aromatic rings. The number of carbonyl (C=O) groups excluding carboxylic acids is 3. The third-order valence-corrected chi connectivity index (χ3v) is 3.54. The van der Waals surface area contributed by atoms with Crippen LogP contribution in [0.5, 0.6) is 0 Å². The summed E-state index contributed by atoms with van der Waals surface area (Å²) in [6.07, 6.45) is 4.82. The molecule has 0 aliphatic heterocycles. The molecule has 0 radical (unpaired) electrons. The Hall–Kier alpha value is -3.04. The van der Waals surface area contributed by atoms with Gasteiger partial charge in [0.1, 0.15) is 6.29 Å². The van der Waals surface area contributed by atoms with E-state index < -0.39 is 5.91 Å². The summed E-state index contributed by atoms with van der Waals surface area (Å²) < 4.78 is 0. The summed E-state index contributed by atoms with van der Waals surface area (Å²) in [5, 5.41) is 13.6. The molecule has 0 atom stereocenters. The Morgan fingerprint density at radius 2 is 1.77 bits per heavy atom. The Balaban J connectivity index is 0. The first-order valence-electron chi connectivity index (χ1n) is 10.3. The van der Waals surface area contributed by atoms with Gasteiger partial charge in [-0.05, 0) is 25.5 Å². The average molecular weight is 436 g/mol. The van der Waals surface area contributed by atoms with Crippen LogP contribution in [0.15, 0.2) is 30.5 Å². The number of aldehydes is 1. The summed E-state index contributed by atoms with van der Waals surface area (Å²) in [4.78, 5) is 36.6. The molecular weight excluding hydrogens is 398 g/mol. The van der Waals surface area contributed by atoms with Crippen molar-refractivity contribution in [2.75, 3.05) is 32.1 Å². The molecule has 0 saturated heterocycles. The van der Waals surface area contributed by atoms with Crippen molar-refractivity contribution in [1.29, 1.82) is 0 Å². The molecule has 0 unspecified atom stereocenters. The number of unbranched alkanes of at least 4 members (excludes halogenated alkanes) is 1. The van der Waals surface area contributed by atoms with Crippen LogP contribution in [-0.2, 0) is 9.59 Å². The first kappa shape index (κ1) is 30.2. The number of benzene rings is 1. The van der Waals surface area contributed by atoms with Crippen LogP contribution in [0.25, 0.3) is 10.9 Å². The van der Waals surface area contributed by atoms with Crippen LogP contribution >= 0.6 is 0 Å². The number of aliphatic hydroxyl groups excluding tert-OH is 1. The van der Waals surface area contributed by atoms with Crippen molar-refractivity contribution >= 4 is 34.7 Å². The van der Waals surface area contributed by atoms with Gasteiger partial charge in [0.15, 0.2) is 0 Å². The number of hydrogen-bond acceptors (Lipinski definition) is 7. The fourth-order valence-electron chi connectivity index (χ4n) is 2.25. The number of amides is 2. The normalized spacial score (nSPS) is 8.97. The van der Waals surface area contributed by atoms with E-state index in [4.69, 9.17) is 16.6 Å². The minimum atomic E-state index is -0.593. The fraction of sp³-hybridized carbons (Fsp3) is 0.455. The summed E-state index contributed by atoms with van der Waals surface area (Å²) in [7, 11) is 1.00. The maximum atomic E-state index is 12.3. The molecule has 31 heavy (non-hydrogen) atoms. The molecule has 1 aromatic carbocycles. The SMILES string of the molecule is CC.CCC=O.CO.NCCCCNc1c(C(=O)NCC(N)=O)cnc2ccccc12. The highest BCUT2D eigenvalue weighted by molar-refractivity contribution is 6.07. The molecule has 0 aliphatic rings. The van der Waals surface area contributed by atoms with Gasteiger partial charge in [0.05, 0.1) is 23.3 Å². The van der Waals surface area contributed by atoms with Gasteiger partial charge in [-0.1, -0.05) is 39.0 Å². The summed E-state index contributed by atoms with van der Waals surface area (Å²) in [6.45, 7) is 6.93. The van der Waals surface area contributed by atoms with Crippen molar-refractivity contribution < 1.29 is 19.5 Å². The van der Waals surface area contributed by atoms with E-state index in [1.165, 1.54) is 6.20 Å². The number of nitrogens with one attached hydrogen (secondary N) is 2. The molecule has 0 saturated carbocycles. The number of carbonyl (C=O) groups is 3. The van der Waals surface area contributed by atoms with Crippen molar-refractivity contribution in [2.45, 2.75) is 40.0 Å². The number of rotatable bonds is 9. The second kappa shape index (κ2) is 20.2. The summed E-state index contributed by atoms with van der Waals surface area (Å²) in [6, 6.07) is 7.56. The maximum absolute atomic E-state index is 12.3. The third-order valence-electron chi connectivity index (χ3n) is 3.54. The van der Waals surface area contributed by atoms with Crippen molar-refractivity contribution in [3.05, 3.63) is 36.0 Å². The molecule has 0 spiro atoms.